The molecular weight excluding hydrogens is 463 g/mol. The molecule has 0 aromatic heterocycles. The first-order valence-electron chi connectivity index (χ1n) is 7.79. The van der Waals surface area contributed by atoms with Crippen LogP contribution in [0.15, 0.2) is 51.8 Å². The summed E-state index contributed by atoms with van der Waals surface area (Å²) in [6.45, 7) is 1.02. The van der Waals surface area contributed by atoms with Gasteiger partial charge in [0.05, 0.1) is 15.5 Å². The van der Waals surface area contributed by atoms with Crippen molar-refractivity contribution in [3.63, 3.8) is 0 Å². The first-order chi connectivity index (χ1) is 12.3. The Hall–Kier alpha value is -1.12. The van der Waals surface area contributed by atoms with Crippen molar-refractivity contribution in [2.45, 2.75) is 4.90 Å². The van der Waals surface area contributed by atoms with Crippen molar-refractivity contribution in [2.75, 3.05) is 26.2 Å². The number of piperazine rings is 1. The Morgan fingerprint density at radius 1 is 1.00 bits per heavy atom. The van der Waals surface area contributed by atoms with Gasteiger partial charge in [-0.1, -0.05) is 45.2 Å². The summed E-state index contributed by atoms with van der Waals surface area (Å²) in [6.07, 6.45) is 0. The van der Waals surface area contributed by atoms with E-state index in [1.165, 1.54) is 10.4 Å². The normalized spacial score (nSPS) is 15.9. The second-order valence-electron chi connectivity index (χ2n) is 5.78. The molecule has 1 heterocycles. The fourth-order valence-corrected chi connectivity index (χ4v) is 5.13. The molecule has 0 bridgehead atoms. The summed E-state index contributed by atoms with van der Waals surface area (Å²) in [6, 6.07) is 11.3. The minimum Gasteiger partial charge on any atom is -0.336 e. The van der Waals surface area contributed by atoms with Crippen LogP contribution < -0.4 is 0 Å². The standard InChI is InChI=1S/C17H15BrCl2N2O3S/c18-12-2-1-3-14(10-12)26(24,25)22-8-6-21(7-9-22)17(23)15-11-13(19)4-5-16(15)20/h1-5,10-11H,6-9H2. The van der Waals surface area contributed by atoms with Gasteiger partial charge in [0.25, 0.3) is 5.91 Å². The quantitative estimate of drug-likeness (QED) is 0.673. The fraction of sp³-hybridized carbons (Fsp3) is 0.235. The number of nitrogens with zero attached hydrogens (tertiary/aromatic N) is 2. The number of rotatable bonds is 3. The molecule has 0 atom stereocenters. The molecule has 1 fully saturated rings. The van der Waals surface area contributed by atoms with Crippen LogP contribution in [0.25, 0.3) is 0 Å². The molecule has 9 heteroatoms. The van der Waals surface area contributed by atoms with Crippen molar-refractivity contribution in [3.8, 4) is 0 Å². The van der Waals surface area contributed by atoms with Crippen LogP contribution in [0.1, 0.15) is 10.4 Å². The number of carbonyl (C=O) groups is 1. The minimum atomic E-state index is -3.59. The lowest BCUT2D eigenvalue weighted by Crippen LogP contribution is -2.50. The maximum absolute atomic E-state index is 12.7. The summed E-state index contributed by atoms with van der Waals surface area (Å²) in [5.74, 6) is -0.253. The molecule has 0 spiro atoms. The fourth-order valence-electron chi connectivity index (χ4n) is 2.74. The van der Waals surface area contributed by atoms with Crippen LogP contribution in [0.5, 0.6) is 0 Å². The van der Waals surface area contributed by atoms with Gasteiger partial charge in [0.2, 0.25) is 10.0 Å². The minimum absolute atomic E-state index is 0.221. The average Bonchev–Trinajstić information content (AvgIpc) is 2.63. The van der Waals surface area contributed by atoms with Crippen LogP contribution in [0.4, 0.5) is 0 Å². The van der Waals surface area contributed by atoms with E-state index in [4.69, 9.17) is 23.2 Å². The molecule has 0 radical (unpaired) electrons. The Labute approximate surface area is 170 Å². The summed E-state index contributed by atoms with van der Waals surface area (Å²) in [4.78, 5) is 14.5. The molecule has 0 N–H and O–H groups in total. The Bertz CT molecular complexity index is 945. The van der Waals surface area contributed by atoms with E-state index in [-0.39, 0.29) is 37.0 Å². The molecule has 0 saturated carbocycles. The van der Waals surface area contributed by atoms with E-state index in [1.54, 1.807) is 41.3 Å². The maximum Gasteiger partial charge on any atom is 0.255 e. The van der Waals surface area contributed by atoms with Gasteiger partial charge in [-0.15, -0.1) is 0 Å². The highest BCUT2D eigenvalue weighted by Gasteiger charge is 2.31. The molecule has 1 aliphatic heterocycles. The van der Waals surface area contributed by atoms with E-state index in [9.17, 15) is 13.2 Å². The van der Waals surface area contributed by atoms with Crippen molar-refractivity contribution in [1.29, 1.82) is 0 Å². The number of sulfonamides is 1. The average molecular weight is 478 g/mol. The Morgan fingerprint density at radius 3 is 2.35 bits per heavy atom. The van der Waals surface area contributed by atoms with Crippen LogP contribution in [0.2, 0.25) is 10.0 Å². The zero-order chi connectivity index (χ0) is 18.9. The topological polar surface area (TPSA) is 57.7 Å². The Morgan fingerprint density at radius 2 is 1.69 bits per heavy atom. The van der Waals surface area contributed by atoms with Gasteiger partial charge in [0, 0.05) is 35.7 Å². The molecule has 2 aromatic rings. The highest BCUT2D eigenvalue weighted by molar-refractivity contribution is 9.10. The predicted molar refractivity (Wildman–Crippen MR) is 105 cm³/mol. The van der Waals surface area contributed by atoms with Gasteiger partial charge >= 0.3 is 0 Å². The molecule has 2 aromatic carbocycles. The van der Waals surface area contributed by atoms with E-state index < -0.39 is 10.0 Å². The van der Waals surface area contributed by atoms with Gasteiger partial charge in [-0.3, -0.25) is 4.79 Å². The van der Waals surface area contributed by atoms with Gasteiger partial charge in [-0.2, -0.15) is 4.31 Å². The molecule has 138 valence electrons. The molecule has 0 aliphatic carbocycles. The summed E-state index contributed by atoms with van der Waals surface area (Å²) in [5.41, 5.74) is 0.322. The van der Waals surface area contributed by atoms with Crippen LogP contribution in [0.3, 0.4) is 0 Å². The number of carbonyl (C=O) groups excluding carboxylic acids is 1. The van der Waals surface area contributed by atoms with E-state index in [0.717, 1.165) is 0 Å². The molecule has 0 unspecified atom stereocenters. The number of amides is 1. The molecule has 1 saturated heterocycles. The van der Waals surface area contributed by atoms with E-state index in [2.05, 4.69) is 15.9 Å². The van der Waals surface area contributed by atoms with Gasteiger partial charge < -0.3 is 4.90 Å². The summed E-state index contributed by atoms with van der Waals surface area (Å²) in [5, 5.41) is 0.747. The molecule has 1 amide bonds. The number of benzene rings is 2. The second kappa shape index (κ2) is 7.86. The van der Waals surface area contributed by atoms with Gasteiger partial charge in [0.1, 0.15) is 0 Å². The Balaban J connectivity index is 1.73. The third-order valence-corrected chi connectivity index (χ3v) is 7.07. The number of hydrogen-bond donors (Lipinski definition) is 0. The zero-order valence-corrected chi connectivity index (χ0v) is 17.4. The largest absolute Gasteiger partial charge is 0.336 e. The van der Waals surface area contributed by atoms with Crippen molar-refractivity contribution in [1.82, 2.24) is 9.21 Å². The first kappa shape index (κ1) is 19.6. The molecule has 5 nitrogen and oxygen atoms in total. The Kier molecular flexibility index (Phi) is 5.94. The van der Waals surface area contributed by atoms with E-state index in [0.29, 0.717) is 20.1 Å². The van der Waals surface area contributed by atoms with Crippen molar-refractivity contribution in [3.05, 3.63) is 62.5 Å². The highest BCUT2D eigenvalue weighted by atomic mass is 79.9. The maximum atomic E-state index is 12.7. The molecule has 26 heavy (non-hydrogen) atoms. The third kappa shape index (κ3) is 4.07. The van der Waals surface area contributed by atoms with E-state index in [1.807, 2.05) is 0 Å². The number of hydrogen-bond acceptors (Lipinski definition) is 3. The van der Waals surface area contributed by atoms with Crippen LogP contribution in [-0.4, -0.2) is 49.7 Å². The van der Waals surface area contributed by atoms with Crippen LogP contribution >= 0.6 is 39.1 Å². The predicted octanol–water partition coefficient (Wildman–Crippen LogP) is 3.90. The molecular formula is C17H15BrCl2N2O3S. The summed E-state index contributed by atoms with van der Waals surface area (Å²) < 4.78 is 27.6. The van der Waals surface area contributed by atoms with Crippen molar-refractivity contribution < 1.29 is 13.2 Å². The van der Waals surface area contributed by atoms with Crippen LogP contribution in [-0.2, 0) is 10.0 Å². The van der Waals surface area contributed by atoms with Crippen molar-refractivity contribution >= 4 is 55.1 Å². The van der Waals surface area contributed by atoms with Crippen molar-refractivity contribution in [2.24, 2.45) is 0 Å². The molecule has 1 aliphatic rings. The summed E-state index contributed by atoms with van der Waals surface area (Å²) in [7, 11) is -3.59. The van der Waals surface area contributed by atoms with E-state index >= 15 is 0 Å². The summed E-state index contributed by atoms with van der Waals surface area (Å²) >= 11 is 15.3. The van der Waals surface area contributed by atoms with Gasteiger partial charge in [-0.05, 0) is 36.4 Å². The van der Waals surface area contributed by atoms with Gasteiger partial charge in [0.15, 0.2) is 0 Å². The lowest BCUT2D eigenvalue weighted by Gasteiger charge is -2.34. The number of halogens is 3. The monoisotopic (exact) mass is 476 g/mol. The third-order valence-electron chi connectivity index (χ3n) is 4.12. The highest BCUT2D eigenvalue weighted by Crippen LogP contribution is 2.24. The lowest BCUT2D eigenvalue weighted by molar-refractivity contribution is 0.0698. The first-order valence-corrected chi connectivity index (χ1v) is 10.8. The zero-order valence-electron chi connectivity index (χ0n) is 13.5. The van der Waals surface area contributed by atoms with Crippen LogP contribution in [0, 0.1) is 0 Å². The second-order valence-corrected chi connectivity index (χ2v) is 9.48. The van der Waals surface area contributed by atoms with Gasteiger partial charge in [-0.25, -0.2) is 8.42 Å². The SMILES string of the molecule is O=C(c1cc(Cl)ccc1Cl)N1CCN(S(=O)(=O)c2cccc(Br)c2)CC1. The lowest BCUT2D eigenvalue weighted by atomic mass is 10.2. The smallest absolute Gasteiger partial charge is 0.255 e. The molecule has 3 rings (SSSR count).